The minimum Gasteiger partial charge on any atom is -0.493 e. The summed E-state index contributed by atoms with van der Waals surface area (Å²) in [5.41, 5.74) is 6.68. The number of nitrogens with two attached hydrogens (primary N) is 1. The van der Waals surface area contributed by atoms with Crippen LogP contribution in [0.4, 0.5) is 0 Å². The molecule has 0 saturated carbocycles. The van der Waals surface area contributed by atoms with E-state index in [1.54, 1.807) is 7.11 Å². The number of unbranched alkanes of at least 4 members (excludes halogenated alkanes) is 1. The molecule has 0 unspecified atom stereocenters. The first-order valence-corrected chi connectivity index (χ1v) is 6.17. The molecule has 2 N–H and O–H groups in total. The number of benzene rings is 1. The minimum atomic E-state index is 0.493. The Morgan fingerprint density at radius 3 is 2.69 bits per heavy atom. The maximum Gasteiger partial charge on any atom is 0.123 e. The van der Waals surface area contributed by atoms with Gasteiger partial charge in [-0.25, -0.2) is 0 Å². The van der Waals surface area contributed by atoms with Gasteiger partial charge in [0.25, 0.3) is 0 Å². The lowest BCUT2D eigenvalue weighted by Crippen LogP contribution is -2.04. The quantitative estimate of drug-likeness (QED) is 0.785. The van der Waals surface area contributed by atoms with Gasteiger partial charge in [0.15, 0.2) is 0 Å². The van der Waals surface area contributed by atoms with Gasteiger partial charge in [-0.2, -0.15) is 0 Å². The van der Waals surface area contributed by atoms with Crippen molar-refractivity contribution in [2.24, 2.45) is 5.73 Å². The standard InChI is InChI=1S/C12H18BrNO2/c1-15-6-2-3-7-16-12-5-4-11(13)8-10(12)9-14/h4-5,8H,2-3,6-7,9,14H2,1H3. The van der Waals surface area contributed by atoms with E-state index in [1.165, 1.54) is 0 Å². The van der Waals surface area contributed by atoms with Crippen molar-refractivity contribution in [3.05, 3.63) is 28.2 Å². The zero-order valence-corrected chi connectivity index (χ0v) is 11.1. The number of methoxy groups -OCH3 is 1. The van der Waals surface area contributed by atoms with Gasteiger partial charge in [0.05, 0.1) is 6.61 Å². The molecule has 16 heavy (non-hydrogen) atoms. The summed E-state index contributed by atoms with van der Waals surface area (Å²) in [6.45, 7) is 1.98. The fraction of sp³-hybridized carbons (Fsp3) is 0.500. The van der Waals surface area contributed by atoms with Gasteiger partial charge >= 0.3 is 0 Å². The van der Waals surface area contributed by atoms with E-state index >= 15 is 0 Å². The topological polar surface area (TPSA) is 44.5 Å². The fourth-order valence-electron chi connectivity index (χ4n) is 1.38. The van der Waals surface area contributed by atoms with Crippen LogP contribution >= 0.6 is 15.9 Å². The Labute approximate surface area is 105 Å². The third-order valence-corrected chi connectivity index (χ3v) is 2.74. The van der Waals surface area contributed by atoms with Gasteiger partial charge in [-0.3, -0.25) is 0 Å². The van der Waals surface area contributed by atoms with Gasteiger partial charge in [-0.1, -0.05) is 15.9 Å². The van der Waals surface area contributed by atoms with Crippen molar-refractivity contribution in [1.82, 2.24) is 0 Å². The first kappa shape index (κ1) is 13.5. The van der Waals surface area contributed by atoms with Gasteiger partial charge in [-0.15, -0.1) is 0 Å². The highest BCUT2D eigenvalue weighted by Crippen LogP contribution is 2.22. The highest BCUT2D eigenvalue weighted by molar-refractivity contribution is 9.10. The van der Waals surface area contributed by atoms with Gasteiger partial charge in [0, 0.05) is 30.3 Å². The first-order valence-electron chi connectivity index (χ1n) is 5.38. The molecule has 0 amide bonds. The van der Waals surface area contributed by atoms with Crippen LogP contribution in [0.2, 0.25) is 0 Å². The predicted octanol–water partition coefficient (Wildman–Crippen LogP) is 2.71. The van der Waals surface area contributed by atoms with Gasteiger partial charge in [0.2, 0.25) is 0 Å². The monoisotopic (exact) mass is 287 g/mol. The number of halogens is 1. The van der Waals surface area contributed by atoms with Crippen LogP contribution in [0.1, 0.15) is 18.4 Å². The number of ether oxygens (including phenoxy) is 2. The molecular weight excluding hydrogens is 270 g/mol. The van der Waals surface area contributed by atoms with E-state index in [2.05, 4.69) is 15.9 Å². The van der Waals surface area contributed by atoms with Crippen LogP contribution in [0, 0.1) is 0 Å². The average Bonchev–Trinajstić information content (AvgIpc) is 2.30. The molecule has 0 aliphatic heterocycles. The molecule has 1 rings (SSSR count). The second kappa shape index (κ2) is 7.65. The Balaban J connectivity index is 2.41. The lowest BCUT2D eigenvalue weighted by atomic mass is 10.2. The fourth-order valence-corrected chi connectivity index (χ4v) is 1.79. The van der Waals surface area contributed by atoms with Crippen LogP contribution in [0.25, 0.3) is 0 Å². The molecule has 0 fully saturated rings. The summed E-state index contributed by atoms with van der Waals surface area (Å²) in [7, 11) is 1.71. The summed E-state index contributed by atoms with van der Waals surface area (Å²) in [5.74, 6) is 0.878. The molecule has 0 atom stereocenters. The van der Waals surface area contributed by atoms with Gasteiger partial charge in [0.1, 0.15) is 5.75 Å². The molecule has 0 aromatic heterocycles. The summed E-state index contributed by atoms with van der Waals surface area (Å²) in [6.07, 6.45) is 2.01. The maximum absolute atomic E-state index is 5.67. The normalized spacial score (nSPS) is 10.4. The molecule has 90 valence electrons. The van der Waals surface area contributed by atoms with Crippen LogP contribution in [-0.2, 0) is 11.3 Å². The molecule has 0 aliphatic carbocycles. The maximum atomic E-state index is 5.67. The smallest absolute Gasteiger partial charge is 0.123 e. The second-order valence-corrected chi connectivity index (χ2v) is 4.42. The molecular formula is C12H18BrNO2. The summed E-state index contributed by atoms with van der Waals surface area (Å²) in [6, 6.07) is 5.90. The molecule has 0 aliphatic rings. The van der Waals surface area contributed by atoms with Crippen molar-refractivity contribution in [3.8, 4) is 5.75 Å². The molecule has 0 heterocycles. The molecule has 1 aromatic rings. The number of hydrogen-bond acceptors (Lipinski definition) is 3. The highest BCUT2D eigenvalue weighted by Gasteiger charge is 2.02. The Kier molecular flexibility index (Phi) is 6.45. The van der Waals surface area contributed by atoms with Crippen LogP contribution in [0.5, 0.6) is 5.75 Å². The molecule has 0 radical (unpaired) electrons. The molecule has 0 saturated heterocycles. The average molecular weight is 288 g/mol. The molecule has 1 aromatic carbocycles. The Bertz CT molecular complexity index is 318. The first-order chi connectivity index (χ1) is 7.77. The summed E-state index contributed by atoms with van der Waals surface area (Å²) < 4.78 is 11.7. The van der Waals surface area contributed by atoms with Crippen LogP contribution < -0.4 is 10.5 Å². The third-order valence-electron chi connectivity index (χ3n) is 2.24. The summed E-state index contributed by atoms with van der Waals surface area (Å²) in [5, 5.41) is 0. The second-order valence-electron chi connectivity index (χ2n) is 3.50. The Morgan fingerprint density at radius 2 is 2.00 bits per heavy atom. The van der Waals surface area contributed by atoms with Crippen LogP contribution in [-0.4, -0.2) is 20.3 Å². The number of rotatable bonds is 7. The molecule has 4 heteroatoms. The molecule has 0 bridgehead atoms. The van der Waals surface area contributed by atoms with Crippen molar-refractivity contribution in [2.45, 2.75) is 19.4 Å². The zero-order chi connectivity index (χ0) is 11.8. The van der Waals surface area contributed by atoms with Crippen molar-refractivity contribution in [2.75, 3.05) is 20.3 Å². The van der Waals surface area contributed by atoms with Crippen LogP contribution in [0.3, 0.4) is 0 Å². The van der Waals surface area contributed by atoms with Crippen LogP contribution in [0.15, 0.2) is 22.7 Å². The molecule has 3 nitrogen and oxygen atoms in total. The van der Waals surface area contributed by atoms with Crippen molar-refractivity contribution >= 4 is 15.9 Å². The van der Waals surface area contributed by atoms with E-state index in [4.69, 9.17) is 15.2 Å². The van der Waals surface area contributed by atoms with E-state index in [-0.39, 0.29) is 0 Å². The van der Waals surface area contributed by atoms with Crippen molar-refractivity contribution in [1.29, 1.82) is 0 Å². The van der Waals surface area contributed by atoms with E-state index in [0.29, 0.717) is 13.2 Å². The Hall–Kier alpha value is -0.580. The summed E-state index contributed by atoms with van der Waals surface area (Å²) in [4.78, 5) is 0. The number of hydrogen-bond donors (Lipinski definition) is 1. The minimum absolute atomic E-state index is 0.493. The predicted molar refractivity (Wildman–Crippen MR) is 68.6 cm³/mol. The van der Waals surface area contributed by atoms with Gasteiger partial charge in [-0.05, 0) is 31.0 Å². The highest BCUT2D eigenvalue weighted by atomic mass is 79.9. The molecule has 0 spiro atoms. The summed E-state index contributed by atoms with van der Waals surface area (Å²) >= 11 is 3.41. The largest absolute Gasteiger partial charge is 0.493 e. The van der Waals surface area contributed by atoms with E-state index in [1.807, 2.05) is 18.2 Å². The Morgan fingerprint density at radius 1 is 1.25 bits per heavy atom. The zero-order valence-electron chi connectivity index (χ0n) is 9.54. The van der Waals surface area contributed by atoms with Crippen molar-refractivity contribution < 1.29 is 9.47 Å². The van der Waals surface area contributed by atoms with E-state index < -0.39 is 0 Å². The lowest BCUT2D eigenvalue weighted by Gasteiger charge is -2.10. The SMILES string of the molecule is COCCCCOc1ccc(Br)cc1CN. The van der Waals surface area contributed by atoms with E-state index in [9.17, 15) is 0 Å². The van der Waals surface area contributed by atoms with Crippen molar-refractivity contribution in [3.63, 3.8) is 0 Å². The van der Waals surface area contributed by atoms with Gasteiger partial charge < -0.3 is 15.2 Å². The lowest BCUT2D eigenvalue weighted by molar-refractivity contribution is 0.184. The third kappa shape index (κ3) is 4.51. The van der Waals surface area contributed by atoms with E-state index in [0.717, 1.165) is 35.2 Å².